The number of nitrogens with one attached hydrogen (secondary N) is 1. The van der Waals surface area contributed by atoms with Gasteiger partial charge in [-0.15, -0.1) is 46.7 Å². The smallest absolute Gasteiger partial charge is 0.278 e. The normalized spacial score (nSPS) is 11.7. The second-order valence-electron chi connectivity index (χ2n) is 13.9. The molecule has 4 aromatic carbocycles. The Bertz CT molecular complexity index is 3200. The van der Waals surface area contributed by atoms with Gasteiger partial charge in [-0.25, -0.2) is 23.1 Å². The van der Waals surface area contributed by atoms with Crippen molar-refractivity contribution in [3.05, 3.63) is 107 Å². The van der Waals surface area contributed by atoms with Crippen molar-refractivity contribution in [1.29, 1.82) is 0 Å². The molecule has 0 atom stereocenters. The first-order valence-corrected chi connectivity index (χ1v) is 26.8. The first-order chi connectivity index (χ1) is 31.9. The Morgan fingerprint density at radius 2 is 1.03 bits per heavy atom. The molecular weight excluding hydrogens is 973 g/mol. The third-order valence-corrected chi connectivity index (χ3v) is 13.1. The number of nitrogens with zero attached hydrogens (tertiary/aromatic N) is 6. The molecule has 4 heterocycles. The fourth-order valence-corrected chi connectivity index (χ4v) is 9.95. The monoisotopic (exact) mass is 1020 g/mol. The summed E-state index contributed by atoms with van der Waals surface area (Å²) in [7, 11) is -7.69. The average Bonchev–Trinajstić information content (AvgIpc) is 4.11. The standard InChI is InChI=1S/C20H20N4O5S2.C19H18N4O3S.C2H6O5S2/c1-27-15-4-3-5-16-19(15)22-18(30-16)12-17-23-24-20(29-17)13-6-8-14(9-7-13)28-11-10-21-31(2,25)26;1-24-14-3-2-4-15-18(14)21-17(27-15)11-16-22-23-19(26-16)12-5-7-13(8-6-12)25-10-9-20;1-8(3,4)7-9(2,5)6/h3-9,21H,10-12H2,1-2H3;2-8H,9-11,20H2,1H3;1-2H3. The number of thiazole rings is 2. The lowest BCUT2D eigenvalue weighted by Gasteiger charge is -2.06. The average molecular weight is 1020 g/mol. The van der Waals surface area contributed by atoms with Crippen molar-refractivity contribution >= 4 is 73.4 Å². The van der Waals surface area contributed by atoms with Crippen molar-refractivity contribution < 1.29 is 56.7 Å². The molecule has 0 amide bonds. The molecule has 0 saturated carbocycles. The lowest BCUT2D eigenvalue weighted by atomic mass is 10.2. The van der Waals surface area contributed by atoms with Gasteiger partial charge in [-0.05, 0) is 72.8 Å². The zero-order valence-corrected chi connectivity index (χ0v) is 40.5. The minimum absolute atomic E-state index is 0.200. The second kappa shape index (κ2) is 22.6. The van der Waals surface area contributed by atoms with E-state index in [9.17, 15) is 25.3 Å². The van der Waals surface area contributed by atoms with Crippen LogP contribution in [0.2, 0.25) is 0 Å². The molecule has 8 aromatic rings. The van der Waals surface area contributed by atoms with Crippen LogP contribution in [0, 0.1) is 0 Å². The topological polar surface area (TPSA) is 290 Å². The molecule has 0 aliphatic carbocycles. The number of rotatable bonds is 18. The number of aromatic nitrogens is 6. The number of nitrogens with two attached hydrogens (primary N) is 1. The van der Waals surface area contributed by atoms with Crippen LogP contribution >= 0.6 is 22.7 Å². The van der Waals surface area contributed by atoms with Gasteiger partial charge in [0.25, 0.3) is 20.2 Å². The molecule has 0 bridgehead atoms. The minimum Gasteiger partial charge on any atom is -0.494 e. The highest BCUT2D eigenvalue weighted by Crippen LogP contribution is 2.32. The molecule has 0 spiro atoms. The van der Waals surface area contributed by atoms with E-state index in [-0.39, 0.29) is 13.2 Å². The molecule has 0 fully saturated rings. The van der Waals surface area contributed by atoms with E-state index >= 15 is 0 Å². The molecule has 4 aromatic heterocycles. The van der Waals surface area contributed by atoms with Gasteiger partial charge in [0.1, 0.15) is 57.3 Å². The van der Waals surface area contributed by atoms with Gasteiger partial charge in [0, 0.05) is 24.2 Å². The van der Waals surface area contributed by atoms with E-state index < -0.39 is 30.3 Å². The Morgan fingerprint density at radius 3 is 1.40 bits per heavy atom. The van der Waals surface area contributed by atoms with Crippen LogP contribution in [0.5, 0.6) is 23.0 Å². The van der Waals surface area contributed by atoms with E-state index in [0.717, 1.165) is 65.1 Å². The summed E-state index contributed by atoms with van der Waals surface area (Å²) in [5.41, 5.74) is 8.70. The van der Waals surface area contributed by atoms with E-state index in [1.54, 1.807) is 61.2 Å². The molecule has 0 aliphatic heterocycles. The summed E-state index contributed by atoms with van der Waals surface area (Å²) >= 11 is 3.15. The fourth-order valence-electron chi connectivity index (χ4n) is 5.75. The van der Waals surface area contributed by atoms with Crippen molar-refractivity contribution in [2.24, 2.45) is 5.73 Å². The van der Waals surface area contributed by atoms with Gasteiger partial charge >= 0.3 is 0 Å². The third-order valence-electron chi connectivity index (χ3n) is 8.40. The number of hydrogen-bond donors (Lipinski definition) is 2. The summed E-state index contributed by atoms with van der Waals surface area (Å²) in [6.45, 7) is 1.39. The van der Waals surface area contributed by atoms with Gasteiger partial charge in [0.05, 0.1) is 55.2 Å². The second-order valence-corrected chi connectivity index (χ2v) is 21.3. The summed E-state index contributed by atoms with van der Waals surface area (Å²) in [5.74, 6) is 4.73. The number of methoxy groups -OCH3 is 2. The molecule has 3 N–H and O–H groups in total. The lowest BCUT2D eigenvalue weighted by molar-refractivity contribution is 0.323. The van der Waals surface area contributed by atoms with Crippen molar-refractivity contribution in [3.8, 4) is 45.9 Å². The van der Waals surface area contributed by atoms with Gasteiger partial charge in [0.2, 0.25) is 33.6 Å². The minimum atomic E-state index is -3.87. The molecule has 0 radical (unpaired) electrons. The van der Waals surface area contributed by atoms with E-state index in [4.69, 9.17) is 33.5 Å². The molecule has 356 valence electrons. The van der Waals surface area contributed by atoms with E-state index in [1.807, 2.05) is 60.7 Å². The van der Waals surface area contributed by atoms with Crippen LogP contribution < -0.4 is 29.4 Å². The maximum Gasteiger partial charge on any atom is 0.278 e. The fraction of sp³-hybridized carbons (Fsp3) is 0.268. The Hall–Kier alpha value is -6.13. The predicted molar refractivity (Wildman–Crippen MR) is 251 cm³/mol. The summed E-state index contributed by atoms with van der Waals surface area (Å²) in [6, 6.07) is 26.3. The highest BCUT2D eigenvalue weighted by atomic mass is 32.3. The van der Waals surface area contributed by atoms with E-state index in [2.05, 4.69) is 38.7 Å². The van der Waals surface area contributed by atoms with Gasteiger partial charge < -0.3 is 33.5 Å². The lowest BCUT2D eigenvalue weighted by Crippen LogP contribution is -2.26. The van der Waals surface area contributed by atoms with E-state index in [0.29, 0.717) is 67.8 Å². The molecule has 21 nitrogen and oxygen atoms in total. The van der Waals surface area contributed by atoms with Gasteiger partial charge in [-0.3, -0.25) is 0 Å². The Labute approximate surface area is 393 Å². The predicted octanol–water partition coefficient (Wildman–Crippen LogP) is 5.08. The van der Waals surface area contributed by atoms with Gasteiger partial charge in [0.15, 0.2) is 0 Å². The number of fused-ring (bicyclic) bond motifs is 2. The molecule has 26 heteroatoms. The SMILES string of the molecule is COc1cccc2sc(Cc3nnc(-c4ccc(OCCN)cc4)o3)nc12.COc1cccc2sc(Cc3nnc(-c4ccc(OCCNS(C)(=O)=O)cc4)o3)nc12.CS(=O)(=O)OS(C)(=O)=O. The summed E-state index contributed by atoms with van der Waals surface area (Å²) in [4.78, 5) is 9.27. The van der Waals surface area contributed by atoms with E-state index in [1.165, 1.54) is 0 Å². The van der Waals surface area contributed by atoms with Crippen molar-refractivity contribution in [3.63, 3.8) is 0 Å². The van der Waals surface area contributed by atoms with Crippen molar-refractivity contribution in [2.45, 2.75) is 12.8 Å². The number of benzene rings is 4. The Morgan fingerprint density at radius 1 is 0.597 bits per heavy atom. The Balaban J connectivity index is 0.000000188. The summed E-state index contributed by atoms with van der Waals surface area (Å²) in [6.07, 6.45) is 3.34. The van der Waals surface area contributed by atoms with Crippen LogP contribution in [0.25, 0.3) is 43.3 Å². The van der Waals surface area contributed by atoms with Crippen LogP contribution in [0.4, 0.5) is 0 Å². The maximum absolute atomic E-state index is 11.0. The first kappa shape index (κ1) is 50.3. The van der Waals surface area contributed by atoms with Crippen molar-refractivity contribution in [1.82, 2.24) is 35.1 Å². The largest absolute Gasteiger partial charge is 0.494 e. The number of hydrogen-bond acceptors (Lipinski definition) is 22. The van der Waals surface area contributed by atoms with Crippen LogP contribution in [0.15, 0.2) is 93.8 Å². The molecule has 0 unspecified atom stereocenters. The summed E-state index contributed by atoms with van der Waals surface area (Å²) < 4.78 is 104. The highest BCUT2D eigenvalue weighted by Gasteiger charge is 2.16. The summed E-state index contributed by atoms with van der Waals surface area (Å²) in [5, 5.41) is 18.3. The highest BCUT2D eigenvalue weighted by molar-refractivity contribution is 7.99. The van der Waals surface area contributed by atoms with Gasteiger partial charge in [-0.1, -0.05) is 12.1 Å². The maximum atomic E-state index is 11.0. The number of para-hydroxylation sites is 2. The van der Waals surface area contributed by atoms with Gasteiger partial charge in [-0.2, -0.15) is 16.8 Å². The first-order valence-electron chi connectivity index (χ1n) is 19.6. The van der Waals surface area contributed by atoms with Crippen LogP contribution in [-0.2, 0) is 46.7 Å². The van der Waals surface area contributed by atoms with Crippen molar-refractivity contribution in [2.75, 3.05) is 59.3 Å². The molecule has 0 aliphatic rings. The van der Waals surface area contributed by atoms with Crippen LogP contribution in [0.3, 0.4) is 0 Å². The molecule has 8 rings (SSSR count). The quantitative estimate of drug-likeness (QED) is 0.106. The zero-order chi connectivity index (χ0) is 48.2. The van der Waals surface area contributed by atoms with Crippen LogP contribution in [-0.4, -0.2) is 115 Å². The number of sulfonamides is 1. The molecular formula is C41H44N8O13S5. The Kier molecular flexibility index (Phi) is 16.9. The number of ether oxygens (including phenoxy) is 4. The van der Waals surface area contributed by atoms with Crippen LogP contribution in [0.1, 0.15) is 21.8 Å². The zero-order valence-electron chi connectivity index (χ0n) is 36.4. The molecule has 67 heavy (non-hydrogen) atoms. The molecule has 0 saturated heterocycles. The third kappa shape index (κ3) is 15.5.